The highest BCUT2D eigenvalue weighted by atomic mass is 16.5. The van der Waals surface area contributed by atoms with Gasteiger partial charge in [0.2, 0.25) is 0 Å². The normalized spacial score (nSPS) is 39.6. The minimum Gasteiger partial charge on any atom is -0.381 e. The van der Waals surface area contributed by atoms with E-state index in [-0.39, 0.29) is 0 Å². The third-order valence-corrected chi connectivity index (χ3v) is 3.92. The van der Waals surface area contributed by atoms with E-state index in [0.717, 1.165) is 12.0 Å². The molecule has 1 aliphatic heterocycles. The lowest BCUT2D eigenvalue weighted by atomic mass is 9.79. The monoisotopic (exact) mass is 197 g/mol. The van der Waals surface area contributed by atoms with Crippen LogP contribution in [0.1, 0.15) is 44.9 Å². The number of rotatable bonds is 2. The molecular formula is C12H23NO. The Morgan fingerprint density at radius 3 is 2.50 bits per heavy atom. The molecule has 1 aliphatic carbocycles. The molecular weight excluding hydrogens is 174 g/mol. The SMILES string of the molecule is COC1CCCCC1C1CCCCN1. The maximum Gasteiger partial charge on any atom is 0.0614 e. The van der Waals surface area contributed by atoms with Crippen LogP contribution >= 0.6 is 0 Å². The number of methoxy groups -OCH3 is 1. The van der Waals surface area contributed by atoms with Crippen LogP contribution in [0.15, 0.2) is 0 Å². The molecule has 1 saturated heterocycles. The van der Waals surface area contributed by atoms with Crippen LogP contribution in [0.4, 0.5) is 0 Å². The van der Waals surface area contributed by atoms with E-state index in [1.54, 1.807) is 0 Å². The Morgan fingerprint density at radius 2 is 1.79 bits per heavy atom. The summed E-state index contributed by atoms with van der Waals surface area (Å²) in [5.74, 6) is 0.786. The average Bonchev–Trinajstić information content (AvgIpc) is 2.30. The molecule has 0 bridgehead atoms. The topological polar surface area (TPSA) is 21.3 Å². The van der Waals surface area contributed by atoms with Crippen LogP contribution in [0.2, 0.25) is 0 Å². The van der Waals surface area contributed by atoms with Crippen molar-refractivity contribution in [1.29, 1.82) is 0 Å². The van der Waals surface area contributed by atoms with E-state index in [1.807, 2.05) is 7.11 Å². The van der Waals surface area contributed by atoms with Gasteiger partial charge in [0.1, 0.15) is 0 Å². The Bertz CT molecular complexity index is 166. The van der Waals surface area contributed by atoms with E-state index < -0.39 is 0 Å². The lowest BCUT2D eigenvalue weighted by Gasteiger charge is -2.38. The quantitative estimate of drug-likeness (QED) is 0.733. The number of hydrogen-bond donors (Lipinski definition) is 1. The summed E-state index contributed by atoms with van der Waals surface area (Å²) in [5.41, 5.74) is 0. The fraction of sp³-hybridized carbons (Fsp3) is 1.00. The molecule has 0 aromatic rings. The average molecular weight is 197 g/mol. The Balaban J connectivity index is 1.91. The van der Waals surface area contributed by atoms with Crippen molar-refractivity contribution in [2.24, 2.45) is 5.92 Å². The van der Waals surface area contributed by atoms with Gasteiger partial charge in [0.05, 0.1) is 6.10 Å². The highest BCUT2D eigenvalue weighted by molar-refractivity contribution is 4.87. The van der Waals surface area contributed by atoms with Crippen LogP contribution < -0.4 is 5.32 Å². The van der Waals surface area contributed by atoms with Gasteiger partial charge < -0.3 is 10.1 Å². The molecule has 2 heteroatoms. The van der Waals surface area contributed by atoms with E-state index in [4.69, 9.17) is 4.74 Å². The molecule has 0 spiro atoms. The molecule has 14 heavy (non-hydrogen) atoms. The van der Waals surface area contributed by atoms with Crippen molar-refractivity contribution in [3.63, 3.8) is 0 Å². The van der Waals surface area contributed by atoms with Gasteiger partial charge in [-0.3, -0.25) is 0 Å². The summed E-state index contributed by atoms with van der Waals surface area (Å²) in [6.45, 7) is 1.22. The fourth-order valence-electron chi connectivity index (χ4n) is 3.12. The highest BCUT2D eigenvalue weighted by Crippen LogP contribution is 2.31. The summed E-state index contributed by atoms with van der Waals surface area (Å²) < 4.78 is 5.62. The third-order valence-electron chi connectivity index (χ3n) is 3.92. The highest BCUT2D eigenvalue weighted by Gasteiger charge is 2.32. The molecule has 1 N–H and O–H groups in total. The predicted molar refractivity (Wildman–Crippen MR) is 58.4 cm³/mol. The van der Waals surface area contributed by atoms with Gasteiger partial charge in [0.15, 0.2) is 0 Å². The summed E-state index contributed by atoms with van der Waals surface area (Å²) in [4.78, 5) is 0. The fourth-order valence-corrected chi connectivity index (χ4v) is 3.12. The molecule has 3 unspecified atom stereocenters. The van der Waals surface area contributed by atoms with Gasteiger partial charge in [-0.15, -0.1) is 0 Å². The van der Waals surface area contributed by atoms with Gasteiger partial charge in [-0.1, -0.05) is 19.3 Å². The first kappa shape index (κ1) is 10.4. The van der Waals surface area contributed by atoms with E-state index >= 15 is 0 Å². The van der Waals surface area contributed by atoms with Crippen molar-refractivity contribution in [1.82, 2.24) is 5.32 Å². The molecule has 0 aromatic carbocycles. The first-order chi connectivity index (χ1) is 6.92. The summed E-state index contributed by atoms with van der Waals surface area (Å²) in [6.07, 6.45) is 10.1. The zero-order chi connectivity index (χ0) is 9.80. The van der Waals surface area contributed by atoms with Crippen LogP contribution in [0.5, 0.6) is 0 Å². The summed E-state index contributed by atoms with van der Waals surface area (Å²) >= 11 is 0. The lowest BCUT2D eigenvalue weighted by Crippen LogP contribution is -2.46. The minimum absolute atomic E-state index is 0.527. The Labute approximate surface area is 87.4 Å². The molecule has 0 radical (unpaired) electrons. The van der Waals surface area contributed by atoms with Gasteiger partial charge in [0, 0.05) is 19.1 Å². The van der Waals surface area contributed by atoms with Gasteiger partial charge in [-0.25, -0.2) is 0 Å². The second kappa shape index (κ2) is 5.13. The minimum atomic E-state index is 0.527. The van der Waals surface area contributed by atoms with Gasteiger partial charge in [-0.2, -0.15) is 0 Å². The summed E-state index contributed by atoms with van der Waals surface area (Å²) in [7, 11) is 1.88. The number of piperidine rings is 1. The third kappa shape index (κ3) is 2.29. The molecule has 0 amide bonds. The van der Waals surface area contributed by atoms with E-state index in [0.29, 0.717) is 6.10 Å². The Kier molecular flexibility index (Phi) is 3.82. The van der Waals surface area contributed by atoms with Crippen LogP contribution in [0.25, 0.3) is 0 Å². The molecule has 2 rings (SSSR count). The lowest BCUT2D eigenvalue weighted by molar-refractivity contribution is 0.00386. The standard InChI is InChI=1S/C12H23NO/c1-14-12-8-3-2-6-10(12)11-7-4-5-9-13-11/h10-13H,2-9H2,1H3. The Hall–Kier alpha value is -0.0800. The van der Waals surface area contributed by atoms with E-state index in [2.05, 4.69) is 5.32 Å². The van der Waals surface area contributed by atoms with E-state index in [1.165, 1.54) is 51.5 Å². The van der Waals surface area contributed by atoms with Gasteiger partial charge >= 0.3 is 0 Å². The van der Waals surface area contributed by atoms with Crippen molar-refractivity contribution in [3.8, 4) is 0 Å². The molecule has 1 saturated carbocycles. The molecule has 2 aliphatic rings. The molecule has 82 valence electrons. The summed E-state index contributed by atoms with van der Waals surface area (Å²) in [6, 6.07) is 0.744. The molecule has 2 nitrogen and oxygen atoms in total. The van der Waals surface area contributed by atoms with E-state index in [9.17, 15) is 0 Å². The number of hydrogen-bond acceptors (Lipinski definition) is 2. The predicted octanol–water partition coefficient (Wildman–Crippen LogP) is 2.33. The van der Waals surface area contributed by atoms with Crippen LogP contribution in [-0.4, -0.2) is 25.8 Å². The van der Waals surface area contributed by atoms with Crippen LogP contribution in [0, 0.1) is 5.92 Å². The maximum absolute atomic E-state index is 5.62. The Morgan fingerprint density at radius 1 is 1.00 bits per heavy atom. The second-order valence-electron chi connectivity index (χ2n) is 4.78. The largest absolute Gasteiger partial charge is 0.381 e. The number of nitrogens with one attached hydrogen (secondary N) is 1. The summed E-state index contributed by atoms with van der Waals surface area (Å²) in [5, 5.41) is 3.67. The molecule has 2 fully saturated rings. The molecule has 1 heterocycles. The second-order valence-corrected chi connectivity index (χ2v) is 4.78. The van der Waals surface area contributed by atoms with Crippen molar-refractivity contribution >= 4 is 0 Å². The maximum atomic E-state index is 5.62. The van der Waals surface area contributed by atoms with Crippen LogP contribution in [0.3, 0.4) is 0 Å². The van der Waals surface area contributed by atoms with Gasteiger partial charge in [-0.05, 0) is 32.2 Å². The number of ether oxygens (including phenoxy) is 1. The molecule has 0 aromatic heterocycles. The van der Waals surface area contributed by atoms with Crippen molar-refractivity contribution < 1.29 is 4.74 Å². The van der Waals surface area contributed by atoms with Crippen molar-refractivity contribution in [2.75, 3.05) is 13.7 Å². The first-order valence-corrected chi connectivity index (χ1v) is 6.18. The van der Waals surface area contributed by atoms with Gasteiger partial charge in [0.25, 0.3) is 0 Å². The zero-order valence-corrected chi connectivity index (χ0v) is 9.30. The smallest absolute Gasteiger partial charge is 0.0614 e. The zero-order valence-electron chi connectivity index (χ0n) is 9.30. The first-order valence-electron chi connectivity index (χ1n) is 6.18. The van der Waals surface area contributed by atoms with Crippen LogP contribution in [-0.2, 0) is 4.74 Å². The van der Waals surface area contributed by atoms with Crippen molar-refractivity contribution in [2.45, 2.75) is 57.1 Å². The van der Waals surface area contributed by atoms with Crippen molar-refractivity contribution in [3.05, 3.63) is 0 Å². The molecule has 3 atom stereocenters.